The maximum atomic E-state index is 10.1. The number of fused-ring (bicyclic) bond motifs is 1. The molecule has 0 aliphatic rings. The minimum absolute atomic E-state index is 0.258. The summed E-state index contributed by atoms with van der Waals surface area (Å²) in [5, 5.41) is 11.1. The Morgan fingerprint density at radius 3 is 2.59 bits per heavy atom. The van der Waals surface area contributed by atoms with Crippen LogP contribution in [-0.4, -0.2) is 10.1 Å². The van der Waals surface area contributed by atoms with E-state index in [1.54, 1.807) is 12.3 Å². The Bertz CT molecular complexity index is 572. The molecule has 1 heterocycles. The second-order valence-corrected chi connectivity index (χ2v) is 3.93. The molecule has 2 nitrogen and oxygen atoms in total. The normalized spacial score (nSPS) is 10.4. The van der Waals surface area contributed by atoms with E-state index >= 15 is 0 Å². The molecule has 0 saturated carbocycles. The third-order valence-corrected chi connectivity index (χ3v) is 2.76. The fourth-order valence-electron chi connectivity index (χ4n) is 2.00. The molecule has 2 rings (SSSR count). The first-order valence-corrected chi connectivity index (χ1v) is 5.58. The van der Waals surface area contributed by atoms with Gasteiger partial charge in [-0.1, -0.05) is 24.3 Å². The SMILES string of the molecule is C=CCc1cc(CC=C)c2cccnc2c1O. The van der Waals surface area contributed by atoms with Gasteiger partial charge in [-0.2, -0.15) is 0 Å². The number of aromatic hydroxyl groups is 1. The molecular weight excluding hydrogens is 210 g/mol. The average molecular weight is 225 g/mol. The smallest absolute Gasteiger partial charge is 0.145 e. The van der Waals surface area contributed by atoms with Crippen LogP contribution in [0.3, 0.4) is 0 Å². The first-order valence-electron chi connectivity index (χ1n) is 5.58. The molecule has 0 bridgehead atoms. The van der Waals surface area contributed by atoms with Crippen molar-refractivity contribution in [3.05, 3.63) is 60.8 Å². The van der Waals surface area contributed by atoms with Crippen molar-refractivity contribution in [3.63, 3.8) is 0 Å². The van der Waals surface area contributed by atoms with Gasteiger partial charge in [0, 0.05) is 17.1 Å². The lowest BCUT2D eigenvalue weighted by Crippen LogP contribution is -1.92. The third kappa shape index (κ3) is 2.07. The number of hydrogen-bond acceptors (Lipinski definition) is 2. The number of nitrogens with zero attached hydrogens (tertiary/aromatic N) is 1. The number of phenolic OH excluding ortho intramolecular Hbond substituents is 1. The monoisotopic (exact) mass is 225 g/mol. The van der Waals surface area contributed by atoms with Gasteiger partial charge >= 0.3 is 0 Å². The highest BCUT2D eigenvalue weighted by atomic mass is 16.3. The van der Waals surface area contributed by atoms with E-state index in [9.17, 15) is 5.11 Å². The largest absolute Gasteiger partial charge is 0.505 e. The number of aromatic nitrogens is 1. The summed E-state index contributed by atoms with van der Waals surface area (Å²) in [4.78, 5) is 4.25. The highest BCUT2D eigenvalue weighted by molar-refractivity contribution is 5.88. The highest BCUT2D eigenvalue weighted by Crippen LogP contribution is 2.30. The summed E-state index contributed by atoms with van der Waals surface area (Å²) in [6.45, 7) is 7.46. The topological polar surface area (TPSA) is 33.1 Å². The third-order valence-electron chi connectivity index (χ3n) is 2.76. The number of rotatable bonds is 4. The molecule has 0 saturated heterocycles. The molecule has 0 unspecified atom stereocenters. The number of phenols is 1. The Kier molecular flexibility index (Phi) is 3.24. The van der Waals surface area contributed by atoms with Gasteiger partial charge in [0.05, 0.1) is 0 Å². The van der Waals surface area contributed by atoms with Crippen LogP contribution in [0.25, 0.3) is 10.9 Å². The Hall–Kier alpha value is -2.09. The maximum Gasteiger partial charge on any atom is 0.145 e. The summed E-state index contributed by atoms with van der Waals surface area (Å²) in [7, 11) is 0. The van der Waals surface area contributed by atoms with Crippen LogP contribution >= 0.6 is 0 Å². The second kappa shape index (κ2) is 4.83. The van der Waals surface area contributed by atoms with Gasteiger partial charge in [-0.05, 0) is 24.5 Å². The minimum atomic E-state index is 0.258. The van der Waals surface area contributed by atoms with Gasteiger partial charge in [0.25, 0.3) is 0 Å². The van der Waals surface area contributed by atoms with Gasteiger partial charge in [-0.25, -0.2) is 0 Å². The average Bonchev–Trinajstić information content (AvgIpc) is 2.36. The predicted molar refractivity (Wildman–Crippen MR) is 71.2 cm³/mol. The molecule has 0 atom stereocenters. The first kappa shape index (κ1) is 11.4. The predicted octanol–water partition coefficient (Wildman–Crippen LogP) is 3.40. The van der Waals surface area contributed by atoms with E-state index in [1.165, 1.54) is 0 Å². The Morgan fingerprint density at radius 1 is 1.18 bits per heavy atom. The quantitative estimate of drug-likeness (QED) is 0.809. The van der Waals surface area contributed by atoms with Crippen molar-refractivity contribution in [1.29, 1.82) is 0 Å². The van der Waals surface area contributed by atoms with E-state index in [0.29, 0.717) is 11.9 Å². The van der Waals surface area contributed by atoms with Gasteiger partial charge in [0.15, 0.2) is 0 Å². The highest BCUT2D eigenvalue weighted by Gasteiger charge is 2.10. The van der Waals surface area contributed by atoms with Crippen LogP contribution < -0.4 is 0 Å². The van der Waals surface area contributed by atoms with Crippen LogP contribution in [0.1, 0.15) is 11.1 Å². The van der Waals surface area contributed by atoms with Crippen molar-refractivity contribution in [3.8, 4) is 5.75 Å². The van der Waals surface area contributed by atoms with E-state index in [4.69, 9.17) is 0 Å². The molecule has 1 aromatic heterocycles. The second-order valence-electron chi connectivity index (χ2n) is 3.93. The zero-order valence-electron chi connectivity index (χ0n) is 9.69. The van der Waals surface area contributed by atoms with Crippen molar-refractivity contribution < 1.29 is 5.11 Å². The fourth-order valence-corrected chi connectivity index (χ4v) is 2.00. The molecule has 2 aromatic rings. The van der Waals surface area contributed by atoms with E-state index in [-0.39, 0.29) is 5.75 Å². The molecule has 0 aliphatic heterocycles. The number of hydrogen-bond donors (Lipinski definition) is 1. The molecule has 2 heteroatoms. The zero-order chi connectivity index (χ0) is 12.3. The van der Waals surface area contributed by atoms with Crippen LogP contribution in [0.5, 0.6) is 5.75 Å². The number of benzene rings is 1. The first-order chi connectivity index (χ1) is 8.27. The van der Waals surface area contributed by atoms with Crippen molar-refractivity contribution in [2.45, 2.75) is 12.8 Å². The van der Waals surface area contributed by atoms with Crippen molar-refractivity contribution in [2.75, 3.05) is 0 Å². The van der Waals surface area contributed by atoms with Gasteiger partial charge < -0.3 is 5.11 Å². The van der Waals surface area contributed by atoms with Crippen molar-refractivity contribution >= 4 is 10.9 Å². The van der Waals surface area contributed by atoms with Gasteiger partial charge in [-0.3, -0.25) is 4.98 Å². The molecular formula is C15H15NO. The van der Waals surface area contributed by atoms with E-state index in [2.05, 4.69) is 18.1 Å². The molecule has 0 radical (unpaired) electrons. The van der Waals surface area contributed by atoms with Crippen LogP contribution in [0.2, 0.25) is 0 Å². The molecule has 0 amide bonds. The van der Waals surface area contributed by atoms with Crippen LogP contribution in [0.15, 0.2) is 49.7 Å². The molecule has 17 heavy (non-hydrogen) atoms. The van der Waals surface area contributed by atoms with E-state index in [1.807, 2.05) is 24.3 Å². The van der Waals surface area contributed by atoms with Crippen LogP contribution in [0.4, 0.5) is 0 Å². The Labute approximate surface area is 101 Å². The number of allylic oxidation sites excluding steroid dienone is 2. The summed E-state index contributed by atoms with van der Waals surface area (Å²) in [6.07, 6.45) is 6.74. The van der Waals surface area contributed by atoms with Crippen molar-refractivity contribution in [2.24, 2.45) is 0 Å². The maximum absolute atomic E-state index is 10.1. The molecule has 0 aliphatic carbocycles. The van der Waals surface area contributed by atoms with Gasteiger partial charge in [0.2, 0.25) is 0 Å². The fraction of sp³-hybridized carbons (Fsp3) is 0.133. The summed E-state index contributed by atoms with van der Waals surface area (Å²) in [5.41, 5.74) is 2.66. The van der Waals surface area contributed by atoms with Crippen LogP contribution in [-0.2, 0) is 12.8 Å². The zero-order valence-corrected chi connectivity index (χ0v) is 9.69. The van der Waals surface area contributed by atoms with E-state index < -0.39 is 0 Å². The lowest BCUT2D eigenvalue weighted by atomic mass is 9.99. The molecule has 0 spiro atoms. The van der Waals surface area contributed by atoms with Crippen molar-refractivity contribution in [1.82, 2.24) is 4.98 Å². The summed E-state index contributed by atoms with van der Waals surface area (Å²) >= 11 is 0. The Balaban J connectivity index is 2.74. The molecule has 1 N–H and O–H groups in total. The Morgan fingerprint density at radius 2 is 1.88 bits per heavy atom. The number of pyridine rings is 1. The molecule has 1 aromatic carbocycles. The molecule has 86 valence electrons. The summed E-state index contributed by atoms with van der Waals surface area (Å²) in [5.74, 6) is 0.258. The minimum Gasteiger partial charge on any atom is -0.505 e. The van der Waals surface area contributed by atoms with Gasteiger partial charge in [0.1, 0.15) is 11.3 Å². The van der Waals surface area contributed by atoms with E-state index in [0.717, 1.165) is 22.9 Å². The van der Waals surface area contributed by atoms with Gasteiger partial charge in [-0.15, -0.1) is 13.2 Å². The lowest BCUT2D eigenvalue weighted by Gasteiger charge is -2.10. The summed E-state index contributed by atoms with van der Waals surface area (Å²) in [6, 6.07) is 5.85. The summed E-state index contributed by atoms with van der Waals surface area (Å²) < 4.78 is 0. The lowest BCUT2D eigenvalue weighted by molar-refractivity contribution is 0.474. The standard InChI is InChI=1S/C15H15NO/c1-3-6-11-10-12(7-4-2)15(17)14-13(11)8-5-9-16-14/h3-5,8-10,17H,1-2,6-7H2. The van der Waals surface area contributed by atoms with Crippen LogP contribution in [0, 0.1) is 0 Å². The molecule has 0 fully saturated rings.